The highest BCUT2D eigenvalue weighted by Crippen LogP contribution is 2.33. The van der Waals surface area contributed by atoms with Gasteiger partial charge in [0, 0.05) is 12.5 Å². The van der Waals surface area contributed by atoms with Crippen molar-refractivity contribution in [1.29, 1.82) is 0 Å². The molecule has 2 nitrogen and oxygen atoms in total. The minimum atomic E-state index is -1.18. The molecule has 3 heteroatoms. The van der Waals surface area contributed by atoms with Crippen LogP contribution in [0.1, 0.15) is 19.3 Å². The summed E-state index contributed by atoms with van der Waals surface area (Å²) in [5, 5.41) is 0. The number of rotatable bonds is 0. The summed E-state index contributed by atoms with van der Waals surface area (Å²) in [6, 6.07) is 0.219. The van der Waals surface area contributed by atoms with E-state index in [9.17, 15) is 9.18 Å². The lowest BCUT2D eigenvalue weighted by Crippen LogP contribution is -2.48. The smallest absolute Gasteiger partial charge is 0.183 e. The van der Waals surface area contributed by atoms with Gasteiger partial charge in [-0.3, -0.25) is 9.69 Å². The molecule has 0 aliphatic carbocycles. The van der Waals surface area contributed by atoms with Gasteiger partial charge in [-0.05, 0) is 19.9 Å². The minimum Gasteiger partial charge on any atom is -0.295 e. The third-order valence-corrected chi connectivity index (χ3v) is 2.96. The Morgan fingerprint density at radius 2 is 2.27 bits per heavy atom. The van der Waals surface area contributed by atoms with Crippen LogP contribution in [0.4, 0.5) is 4.39 Å². The molecular formula is C8H12FNO. The predicted molar refractivity (Wildman–Crippen MR) is 39.1 cm³/mol. The molecule has 2 saturated heterocycles. The van der Waals surface area contributed by atoms with Crippen molar-refractivity contribution in [3.63, 3.8) is 0 Å². The number of hydrogen-bond donors (Lipinski definition) is 0. The van der Waals surface area contributed by atoms with Crippen molar-refractivity contribution < 1.29 is 9.18 Å². The minimum absolute atomic E-state index is 0.108. The van der Waals surface area contributed by atoms with Crippen molar-refractivity contribution >= 4 is 5.78 Å². The number of halogens is 1. The second-order valence-corrected chi connectivity index (χ2v) is 3.52. The molecule has 2 heterocycles. The van der Waals surface area contributed by atoms with E-state index in [-0.39, 0.29) is 11.8 Å². The number of carbonyl (C=O) groups is 1. The molecule has 0 N–H and O–H groups in total. The van der Waals surface area contributed by atoms with Gasteiger partial charge in [-0.2, -0.15) is 0 Å². The maximum Gasteiger partial charge on any atom is 0.183 e. The van der Waals surface area contributed by atoms with E-state index in [4.69, 9.17) is 0 Å². The molecule has 11 heavy (non-hydrogen) atoms. The zero-order valence-corrected chi connectivity index (χ0v) is 6.59. The van der Waals surface area contributed by atoms with Gasteiger partial charge in [0.15, 0.2) is 12.0 Å². The Morgan fingerprint density at radius 1 is 1.55 bits per heavy atom. The van der Waals surface area contributed by atoms with Crippen LogP contribution in [0.2, 0.25) is 0 Å². The van der Waals surface area contributed by atoms with Crippen molar-refractivity contribution in [2.75, 3.05) is 7.05 Å². The maximum atomic E-state index is 12.9. The van der Waals surface area contributed by atoms with E-state index in [1.165, 1.54) is 0 Å². The summed E-state index contributed by atoms with van der Waals surface area (Å²) in [6.07, 6.45) is 1.10. The van der Waals surface area contributed by atoms with Crippen LogP contribution in [0, 0.1) is 0 Å². The first-order valence-electron chi connectivity index (χ1n) is 4.10. The van der Waals surface area contributed by atoms with Crippen molar-refractivity contribution in [3.05, 3.63) is 0 Å². The molecule has 0 aromatic carbocycles. The van der Waals surface area contributed by atoms with E-state index in [0.29, 0.717) is 12.5 Å². The summed E-state index contributed by atoms with van der Waals surface area (Å²) in [7, 11) is 1.92. The summed E-state index contributed by atoms with van der Waals surface area (Å²) < 4.78 is 12.9. The molecule has 0 aromatic rings. The molecule has 2 aliphatic rings. The average molecular weight is 157 g/mol. The Kier molecular flexibility index (Phi) is 1.49. The maximum absolute atomic E-state index is 12.9. The number of alkyl halides is 1. The van der Waals surface area contributed by atoms with Gasteiger partial charge in [-0.1, -0.05) is 0 Å². The van der Waals surface area contributed by atoms with Crippen LogP contribution < -0.4 is 0 Å². The lowest BCUT2D eigenvalue weighted by Gasteiger charge is -2.31. The fourth-order valence-electron chi connectivity index (χ4n) is 2.20. The van der Waals surface area contributed by atoms with Gasteiger partial charge < -0.3 is 0 Å². The number of hydrogen-bond acceptors (Lipinski definition) is 2. The fraction of sp³-hybridized carbons (Fsp3) is 0.875. The second kappa shape index (κ2) is 2.27. The Hall–Kier alpha value is -0.440. The normalized spacial score (nSPS) is 44.9. The molecule has 0 saturated carbocycles. The van der Waals surface area contributed by atoms with E-state index in [1.807, 2.05) is 11.9 Å². The highest BCUT2D eigenvalue weighted by atomic mass is 19.1. The number of nitrogens with zero attached hydrogens (tertiary/aromatic N) is 1. The van der Waals surface area contributed by atoms with Crippen LogP contribution in [0.5, 0.6) is 0 Å². The Labute approximate surface area is 65.4 Å². The molecule has 2 aliphatic heterocycles. The highest BCUT2D eigenvalue weighted by molar-refractivity contribution is 5.89. The molecule has 0 spiro atoms. The van der Waals surface area contributed by atoms with Crippen LogP contribution in [-0.4, -0.2) is 36.0 Å². The molecule has 62 valence electrons. The predicted octanol–water partition coefficient (Wildman–Crippen LogP) is 0.760. The monoisotopic (exact) mass is 157 g/mol. The quantitative estimate of drug-likeness (QED) is 0.517. The van der Waals surface area contributed by atoms with Gasteiger partial charge in [0.05, 0.1) is 6.04 Å². The van der Waals surface area contributed by atoms with E-state index >= 15 is 0 Å². The first kappa shape index (κ1) is 7.22. The number of likely N-dealkylation sites (N-methyl/N-ethyl adjacent to an activating group) is 1. The first-order valence-corrected chi connectivity index (χ1v) is 4.10. The standard InChI is InChI=1S/C8H12FNO/c1-10-5-2-3-7(10)8(11)6(9)4-5/h5-7H,2-4H2,1H3/t5-,6-,7+/m1/s1. The molecule has 2 fully saturated rings. The van der Waals surface area contributed by atoms with Crippen LogP contribution in [0.25, 0.3) is 0 Å². The Morgan fingerprint density at radius 3 is 3.00 bits per heavy atom. The third kappa shape index (κ3) is 0.906. The largest absolute Gasteiger partial charge is 0.295 e. The summed E-state index contributed by atoms with van der Waals surface area (Å²) in [4.78, 5) is 13.2. The van der Waals surface area contributed by atoms with Crippen molar-refractivity contribution in [1.82, 2.24) is 4.90 Å². The van der Waals surface area contributed by atoms with Gasteiger partial charge in [0.2, 0.25) is 0 Å². The number of Topliss-reactive ketones (excluding diaryl/α,β-unsaturated/α-hetero) is 1. The van der Waals surface area contributed by atoms with Crippen LogP contribution in [-0.2, 0) is 4.79 Å². The van der Waals surface area contributed by atoms with E-state index in [1.54, 1.807) is 0 Å². The van der Waals surface area contributed by atoms with E-state index < -0.39 is 6.17 Å². The van der Waals surface area contributed by atoms with Crippen LogP contribution in [0.15, 0.2) is 0 Å². The summed E-state index contributed by atoms with van der Waals surface area (Å²) >= 11 is 0. The van der Waals surface area contributed by atoms with Gasteiger partial charge in [-0.15, -0.1) is 0 Å². The van der Waals surface area contributed by atoms with Crippen molar-refractivity contribution in [2.24, 2.45) is 0 Å². The van der Waals surface area contributed by atoms with E-state index in [0.717, 1.165) is 12.8 Å². The topological polar surface area (TPSA) is 20.3 Å². The lowest BCUT2D eigenvalue weighted by molar-refractivity contribution is -0.131. The van der Waals surface area contributed by atoms with Crippen molar-refractivity contribution in [2.45, 2.75) is 37.5 Å². The lowest BCUT2D eigenvalue weighted by atomic mass is 10.0. The number of ketones is 1. The number of carbonyl (C=O) groups excluding carboxylic acids is 1. The van der Waals surface area contributed by atoms with Crippen LogP contribution >= 0.6 is 0 Å². The van der Waals surface area contributed by atoms with E-state index in [2.05, 4.69) is 0 Å². The third-order valence-electron chi connectivity index (χ3n) is 2.96. The SMILES string of the molecule is CN1[C@@H]2CC[C@H]1C(=O)[C@H](F)C2. The molecule has 2 rings (SSSR count). The molecule has 0 aromatic heterocycles. The zero-order chi connectivity index (χ0) is 8.01. The van der Waals surface area contributed by atoms with Gasteiger partial charge >= 0.3 is 0 Å². The Balaban J connectivity index is 2.22. The zero-order valence-electron chi connectivity index (χ0n) is 6.59. The average Bonchev–Trinajstić information content (AvgIpc) is 2.23. The second-order valence-electron chi connectivity index (χ2n) is 3.52. The Bertz CT molecular complexity index is 195. The summed E-state index contributed by atoms with van der Waals surface area (Å²) in [5.74, 6) is -0.193. The molecular weight excluding hydrogens is 145 g/mol. The molecule has 0 amide bonds. The summed E-state index contributed by atoms with van der Waals surface area (Å²) in [6.45, 7) is 0. The number of fused-ring (bicyclic) bond motifs is 2. The van der Waals surface area contributed by atoms with Gasteiger partial charge in [0.1, 0.15) is 0 Å². The first-order chi connectivity index (χ1) is 5.20. The van der Waals surface area contributed by atoms with Crippen molar-refractivity contribution in [3.8, 4) is 0 Å². The van der Waals surface area contributed by atoms with Crippen LogP contribution in [0.3, 0.4) is 0 Å². The van der Waals surface area contributed by atoms with Gasteiger partial charge in [-0.25, -0.2) is 4.39 Å². The molecule has 2 bridgehead atoms. The summed E-state index contributed by atoms with van der Waals surface area (Å²) in [5.41, 5.74) is 0. The molecule has 3 atom stereocenters. The van der Waals surface area contributed by atoms with Gasteiger partial charge in [0.25, 0.3) is 0 Å². The highest BCUT2D eigenvalue weighted by Gasteiger charge is 2.44. The molecule has 0 radical (unpaired) electrons. The molecule has 0 unspecified atom stereocenters. The fourth-order valence-corrected chi connectivity index (χ4v) is 2.20. The number of piperidine rings is 1.